The molecule has 10 heteroatoms. The molecule has 0 fully saturated rings. The third-order valence-corrected chi connectivity index (χ3v) is 5.29. The first-order valence-corrected chi connectivity index (χ1v) is 9.70. The maximum atomic E-state index is 12.8. The summed E-state index contributed by atoms with van der Waals surface area (Å²) in [5.74, 6) is 0.181. The van der Waals surface area contributed by atoms with E-state index in [1.165, 1.54) is 18.4 Å². The van der Waals surface area contributed by atoms with Gasteiger partial charge in [-0.3, -0.25) is 14.3 Å². The summed E-state index contributed by atoms with van der Waals surface area (Å²) in [6, 6.07) is 3.50. The predicted molar refractivity (Wildman–Crippen MR) is 107 cm³/mol. The third-order valence-electron chi connectivity index (χ3n) is 4.20. The number of hydrogen-bond acceptors (Lipinski definition) is 7. The molecule has 2 aromatic heterocycles. The summed E-state index contributed by atoms with van der Waals surface area (Å²) < 4.78 is 19.9. The average molecular weight is 418 g/mol. The van der Waals surface area contributed by atoms with E-state index in [-0.39, 0.29) is 18.8 Å². The number of ether oxygens (including phenoxy) is 3. The number of hydrogen-bond donors (Lipinski definition) is 0. The predicted octanol–water partition coefficient (Wildman–Crippen LogP) is 2.07. The van der Waals surface area contributed by atoms with Crippen LogP contribution in [0.3, 0.4) is 0 Å². The maximum Gasteiger partial charge on any atom is 0.326 e. The van der Waals surface area contributed by atoms with E-state index < -0.39 is 11.9 Å². The lowest BCUT2D eigenvalue weighted by Gasteiger charge is -2.09. The Morgan fingerprint density at radius 2 is 1.90 bits per heavy atom. The number of aromatic nitrogens is 3. The molecule has 0 bridgehead atoms. The number of methoxy groups -OCH3 is 2. The fourth-order valence-electron chi connectivity index (χ4n) is 2.98. The van der Waals surface area contributed by atoms with Gasteiger partial charge >= 0.3 is 5.97 Å². The van der Waals surface area contributed by atoms with Gasteiger partial charge in [0.15, 0.2) is 10.5 Å². The second kappa shape index (κ2) is 8.48. The van der Waals surface area contributed by atoms with E-state index in [1.54, 1.807) is 55.6 Å². The van der Waals surface area contributed by atoms with Crippen LogP contribution in [0.2, 0.25) is 0 Å². The highest BCUT2D eigenvalue weighted by molar-refractivity contribution is 7.16. The van der Waals surface area contributed by atoms with Gasteiger partial charge in [0.25, 0.3) is 5.91 Å². The Balaban J connectivity index is 2.25. The van der Waals surface area contributed by atoms with Gasteiger partial charge in [0.1, 0.15) is 28.3 Å². The summed E-state index contributed by atoms with van der Waals surface area (Å²) in [4.78, 5) is 29.6. The molecule has 1 aromatic carbocycles. The maximum absolute atomic E-state index is 12.8. The second-order valence-corrected chi connectivity index (χ2v) is 7.15. The molecule has 0 spiro atoms. The van der Waals surface area contributed by atoms with Gasteiger partial charge in [-0.1, -0.05) is 11.3 Å². The molecule has 154 valence electrons. The molecule has 3 aromatic rings. The summed E-state index contributed by atoms with van der Waals surface area (Å²) in [5, 5.41) is 4.18. The minimum atomic E-state index is -0.495. The molecule has 0 radical (unpaired) electrons. The summed E-state index contributed by atoms with van der Waals surface area (Å²) in [5.41, 5.74) is 1.58. The van der Waals surface area contributed by atoms with E-state index in [0.29, 0.717) is 26.5 Å². The Labute approximate surface area is 171 Å². The van der Waals surface area contributed by atoms with Crippen molar-refractivity contribution in [3.05, 3.63) is 34.4 Å². The third kappa shape index (κ3) is 4.02. The van der Waals surface area contributed by atoms with Gasteiger partial charge < -0.3 is 18.8 Å². The number of benzene rings is 1. The van der Waals surface area contributed by atoms with Crippen LogP contribution in [0.1, 0.15) is 23.0 Å². The zero-order valence-corrected chi connectivity index (χ0v) is 17.7. The van der Waals surface area contributed by atoms with Gasteiger partial charge in [-0.2, -0.15) is 10.1 Å². The summed E-state index contributed by atoms with van der Waals surface area (Å²) in [7, 11) is 4.82. The van der Waals surface area contributed by atoms with Gasteiger partial charge in [-0.05, 0) is 26.0 Å². The van der Waals surface area contributed by atoms with Crippen LogP contribution >= 0.6 is 11.3 Å². The van der Waals surface area contributed by atoms with Crippen LogP contribution in [0.4, 0.5) is 0 Å². The minimum absolute atomic E-state index is 0.120. The van der Waals surface area contributed by atoms with Crippen molar-refractivity contribution in [1.29, 1.82) is 0 Å². The smallest absolute Gasteiger partial charge is 0.326 e. The molecule has 1 amide bonds. The number of nitrogens with zero attached hydrogens (tertiary/aromatic N) is 4. The lowest BCUT2D eigenvalue weighted by atomic mass is 10.3. The molecule has 0 N–H and O–H groups in total. The number of aryl methyl sites for hydroxylation is 2. The number of amides is 1. The molecule has 3 rings (SSSR count). The zero-order chi connectivity index (χ0) is 21.1. The van der Waals surface area contributed by atoms with E-state index >= 15 is 0 Å². The van der Waals surface area contributed by atoms with Gasteiger partial charge in [0.05, 0.1) is 20.8 Å². The molecule has 0 saturated carbocycles. The molecule has 0 aliphatic heterocycles. The first-order valence-electron chi connectivity index (χ1n) is 8.88. The van der Waals surface area contributed by atoms with Gasteiger partial charge in [0.2, 0.25) is 0 Å². The molecule has 0 saturated heterocycles. The molecule has 0 aliphatic rings. The van der Waals surface area contributed by atoms with Crippen LogP contribution in [0.25, 0.3) is 10.2 Å². The number of fused-ring (bicyclic) bond motifs is 1. The van der Waals surface area contributed by atoms with Crippen molar-refractivity contribution < 1.29 is 23.8 Å². The van der Waals surface area contributed by atoms with Crippen molar-refractivity contribution in [1.82, 2.24) is 14.3 Å². The highest BCUT2D eigenvalue weighted by Gasteiger charge is 2.20. The van der Waals surface area contributed by atoms with Gasteiger partial charge in [-0.25, -0.2) is 0 Å². The number of carbonyl (C=O) groups is 2. The number of rotatable bonds is 6. The van der Waals surface area contributed by atoms with Crippen molar-refractivity contribution in [3.63, 3.8) is 0 Å². The normalized spacial score (nSPS) is 11.7. The van der Waals surface area contributed by atoms with Crippen molar-refractivity contribution >= 4 is 33.4 Å². The molecule has 0 atom stereocenters. The number of carbonyl (C=O) groups excluding carboxylic acids is 2. The molecule has 0 unspecified atom stereocenters. The summed E-state index contributed by atoms with van der Waals surface area (Å²) in [6.45, 7) is 3.65. The van der Waals surface area contributed by atoms with E-state index in [0.717, 1.165) is 5.56 Å². The van der Waals surface area contributed by atoms with Crippen molar-refractivity contribution in [3.8, 4) is 11.5 Å². The van der Waals surface area contributed by atoms with Crippen molar-refractivity contribution in [2.24, 2.45) is 12.0 Å². The minimum Gasteiger partial charge on any atom is -0.495 e. The first kappa shape index (κ1) is 20.6. The van der Waals surface area contributed by atoms with Gasteiger partial charge in [0, 0.05) is 18.8 Å². The van der Waals surface area contributed by atoms with E-state index in [9.17, 15) is 9.59 Å². The quantitative estimate of drug-likeness (QED) is 0.569. The summed E-state index contributed by atoms with van der Waals surface area (Å²) >= 11 is 1.23. The Morgan fingerprint density at radius 3 is 2.48 bits per heavy atom. The lowest BCUT2D eigenvalue weighted by molar-refractivity contribution is -0.143. The first-order chi connectivity index (χ1) is 13.9. The number of esters is 1. The Kier molecular flexibility index (Phi) is 6.02. The highest BCUT2D eigenvalue weighted by Crippen LogP contribution is 2.35. The van der Waals surface area contributed by atoms with Crippen LogP contribution < -0.4 is 14.3 Å². The molecular formula is C19H22N4O5S. The lowest BCUT2D eigenvalue weighted by Crippen LogP contribution is -2.23. The Hall–Kier alpha value is -3.14. The summed E-state index contributed by atoms with van der Waals surface area (Å²) in [6.07, 6.45) is 1.74. The Bertz CT molecular complexity index is 1140. The SMILES string of the molecule is CCOC(=O)Cn1c(=NC(=O)c2nn(C)cc2C)sc2c(OC)ccc(OC)c21. The fraction of sp³-hybridized carbons (Fsp3) is 0.368. The monoisotopic (exact) mass is 418 g/mol. The van der Waals surface area contributed by atoms with Crippen LogP contribution in [0, 0.1) is 6.92 Å². The topological polar surface area (TPSA) is 96.9 Å². The van der Waals surface area contributed by atoms with Crippen LogP contribution in [0.5, 0.6) is 11.5 Å². The number of thiazole rings is 1. The fourth-order valence-corrected chi connectivity index (χ4v) is 4.12. The van der Waals surface area contributed by atoms with Crippen LogP contribution in [0.15, 0.2) is 23.3 Å². The molecule has 0 aliphatic carbocycles. The van der Waals surface area contributed by atoms with E-state index in [4.69, 9.17) is 14.2 Å². The van der Waals surface area contributed by atoms with Gasteiger partial charge in [-0.15, -0.1) is 0 Å². The van der Waals surface area contributed by atoms with Crippen LogP contribution in [-0.4, -0.2) is 47.1 Å². The van der Waals surface area contributed by atoms with Crippen molar-refractivity contribution in [2.45, 2.75) is 20.4 Å². The molecule has 29 heavy (non-hydrogen) atoms. The molecule has 9 nitrogen and oxygen atoms in total. The van der Waals surface area contributed by atoms with E-state index in [2.05, 4.69) is 10.1 Å². The van der Waals surface area contributed by atoms with Crippen molar-refractivity contribution in [2.75, 3.05) is 20.8 Å². The zero-order valence-electron chi connectivity index (χ0n) is 16.9. The standard InChI is InChI=1S/C19H22N4O5S/c1-6-28-14(24)10-23-16-12(26-4)7-8-13(27-5)17(16)29-19(23)20-18(25)15-11(2)9-22(3)21-15/h7-9H,6,10H2,1-5H3. The molecular weight excluding hydrogens is 396 g/mol. The Morgan fingerprint density at radius 1 is 1.21 bits per heavy atom. The molecule has 2 heterocycles. The van der Waals surface area contributed by atoms with Crippen LogP contribution in [-0.2, 0) is 23.1 Å². The second-order valence-electron chi connectivity index (χ2n) is 6.17. The highest BCUT2D eigenvalue weighted by atomic mass is 32.1. The average Bonchev–Trinajstić information content (AvgIpc) is 3.21. The largest absolute Gasteiger partial charge is 0.495 e. The van der Waals surface area contributed by atoms with E-state index in [1.807, 2.05) is 0 Å².